The van der Waals surface area contributed by atoms with Gasteiger partial charge >= 0.3 is 0 Å². The van der Waals surface area contributed by atoms with E-state index in [-0.39, 0.29) is 18.0 Å². The SMILES string of the molecule is C[C@H]1OC2(CCCCC2)O[C@@H]1c1ccccc1F. The van der Waals surface area contributed by atoms with Crippen LogP contribution < -0.4 is 0 Å². The van der Waals surface area contributed by atoms with Crippen molar-refractivity contribution in [2.24, 2.45) is 0 Å². The van der Waals surface area contributed by atoms with Gasteiger partial charge in [0.2, 0.25) is 0 Å². The lowest BCUT2D eigenvalue weighted by Gasteiger charge is -2.31. The van der Waals surface area contributed by atoms with E-state index in [4.69, 9.17) is 9.47 Å². The Bertz CT molecular complexity index is 426. The molecule has 0 radical (unpaired) electrons. The second-order valence-electron chi connectivity index (χ2n) is 5.35. The molecule has 2 aliphatic rings. The first-order chi connectivity index (χ1) is 8.70. The molecule has 3 heteroatoms. The average Bonchev–Trinajstić information content (AvgIpc) is 2.67. The van der Waals surface area contributed by atoms with Crippen LogP contribution in [0, 0.1) is 5.82 Å². The van der Waals surface area contributed by atoms with Gasteiger partial charge in [-0.1, -0.05) is 24.6 Å². The van der Waals surface area contributed by atoms with Crippen molar-refractivity contribution in [1.29, 1.82) is 0 Å². The summed E-state index contributed by atoms with van der Waals surface area (Å²) in [4.78, 5) is 0. The Kier molecular flexibility index (Phi) is 3.12. The van der Waals surface area contributed by atoms with Crippen LogP contribution in [0.3, 0.4) is 0 Å². The van der Waals surface area contributed by atoms with E-state index < -0.39 is 5.79 Å². The van der Waals surface area contributed by atoms with Crippen molar-refractivity contribution >= 4 is 0 Å². The minimum Gasteiger partial charge on any atom is -0.344 e. The minimum absolute atomic E-state index is 0.0833. The number of halogens is 1. The monoisotopic (exact) mass is 250 g/mol. The number of benzene rings is 1. The van der Waals surface area contributed by atoms with Gasteiger partial charge in [-0.3, -0.25) is 0 Å². The minimum atomic E-state index is -0.454. The number of rotatable bonds is 1. The summed E-state index contributed by atoms with van der Waals surface area (Å²) in [6.07, 6.45) is 5.02. The van der Waals surface area contributed by atoms with Gasteiger partial charge in [0.25, 0.3) is 0 Å². The van der Waals surface area contributed by atoms with E-state index in [1.807, 2.05) is 13.0 Å². The van der Waals surface area contributed by atoms with Crippen LogP contribution in [0.1, 0.15) is 50.7 Å². The maximum Gasteiger partial charge on any atom is 0.169 e. The Morgan fingerprint density at radius 2 is 1.83 bits per heavy atom. The van der Waals surface area contributed by atoms with Gasteiger partial charge in [-0.15, -0.1) is 0 Å². The van der Waals surface area contributed by atoms with E-state index in [1.165, 1.54) is 12.5 Å². The molecule has 1 aliphatic carbocycles. The van der Waals surface area contributed by atoms with E-state index >= 15 is 0 Å². The van der Waals surface area contributed by atoms with Crippen molar-refractivity contribution < 1.29 is 13.9 Å². The molecule has 1 spiro atoms. The first-order valence-electron chi connectivity index (χ1n) is 6.80. The van der Waals surface area contributed by atoms with Gasteiger partial charge in [-0.05, 0) is 25.8 Å². The smallest absolute Gasteiger partial charge is 0.169 e. The lowest BCUT2D eigenvalue weighted by Crippen LogP contribution is -2.33. The normalized spacial score (nSPS) is 30.8. The summed E-state index contributed by atoms with van der Waals surface area (Å²) in [6.45, 7) is 1.97. The quantitative estimate of drug-likeness (QED) is 0.751. The summed E-state index contributed by atoms with van der Waals surface area (Å²) in [5.74, 6) is -0.657. The van der Waals surface area contributed by atoms with Crippen LogP contribution >= 0.6 is 0 Å². The maximum atomic E-state index is 13.8. The van der Waals surface area contributed by atoms with Crippen molar-refractivity contribution in [3.8, 4) is 0 Å². The standard InChI is InChI=1S/C15H19FO2/c1-11-14(12-7-3-4-8-13(12)16)18-15(17-11)9-5-2-6-10-15/h3-4,7-8,11,14H,2,5-6,9-10H2,1H3/t11-,14+/m1/s1. The maximum absolute atomic E-state index is 13.8. The molecule has 3 rings (SSSR count). The van der Waals surface area contributed by atoms with E-state index in [1.54, 1.807) is 12.1 Å². The number of hydrogen-bond donors (Lipinski definition) is 0. The Morgan fingerprint density at radius 3 is 2.56 bits per heavy atom. The number of ether oxygens (including phenoxy) is 2. The summed E-state index contributed by atoms with van der Waals surface area (Å²) in [5, 5.41) is 0. The van der Waals surface area contributed by atoms with Gasteiger partial charge in [0.05, 0.1) is 6.10 Å². The highest BCUT2D eigenvalue weighted by Gasteiger charge is 2.47. The zero-order valence-electron chi connectivity index (χ0n) is 10.7. The summed E-state index contributed by atoms with van der Waals surface area (Å²) in [7, 11) is 0. The first kappa shape index (κ1) is 12.1. The second-order valence-corrected chi connectivity index (χ2v) is 5.35. The first-order valence-corrected chi connectivity index (χ1v) is 6.80. The molecular weight excluding hydrogens is 231 g/mol. The Morgan fingerprint density at radius 1 is 1.11 bits per heavy atom. The van der Waals surface area contributed by atoms with E-state index in [9.17, 15) is 4.39 Å². The summed E-state index contributed by atoms with van der Waals surface area (Å²) in [5.41, 5.74) is 0.618. The molecule has 98 valence electrons. The molecule has 1 heterocycles. The van der Waals surface area contributed by atoms with Gasteiger partial charge in [0.1, 0.15) is 11.9 Å². The van der Waals surface area contributed by atoms with Crippen LogP contribution in [0.5, 0.6) is 0 Å². The predicted octanol–water partition coefficient (Wildman–Crippen LogP) is 3.96. The van der Waals surface area contributed by atoms with E-state index in [0.29, 0.717) is 5.56 Å². The molecule has 0 aromatic heterocycles. The fourth-order valence-electron chi connectivity index (χ4n) is 3.10. The van der Waals surface area contributed by atoms with Crippen molar-refractivity contribution in [3.05, 3.63) is 35.6 Å². The molecule has 2 atom stereocenters. The highest BCUT2D eigenvalue weighted by molar-refractivity contribution is 5.22. The fraction of sp³-hybridized carbons (Fsp3) is 0.600. The third-order valence-corrected chi connectivity index (χ3v) is 4.00. The van der Waals surface area contributed by atoms with Crippen LogP contribution in [0.15, 0.2) is 24.3 Å². The molecule has 1 aliphatic heterocycles. The Labute approximate surface area is 107 Å². The number of hydrogen-bond acceptors (Lipinski definition) is 2. The summed E-state index contributed by atoms with van der Waals surface area (Å²) >= 11 is 0. The third-order valence-electron chi connectivity index (χ3n) is 4.00. The highest BCUT2D eigenvalue weighted by Crippen LogP contribution is 2.46. The topological polar surface area (TPSA) is 18.5 Å². The highest BCUT2D eigenvalue weighted by atomic mass is 19.1. The van der Waals surface area contributed by atoms with Crippen molar-refractivity contribution in [2.75, 3.05) is 0 Å². The zero-order valence-corrected chi connectivity index (χ0v) is 10.7. The largest absolute Gasteiger partial charge is 0.344 e. The van der Waals surface area contributed by atoms with Crippen LogP contribution in [-0.2, 0) is 9.47 Å². The van der Waals surface area contributed by atoms with Crippen LogP contribution in [0.4, 0.5) is 4.39 Å². The van der Waals surface area contributed by atoms with Crippen LogP contribution in [-0.4, -0.2) is 11.9 Å². The molecule has 2 nitrogen and oxygen atoms in total. The average molecular weight is 250 g/mol. The predicted molar refractivity (Wildman–Crippen MR) is 66.6 cm³/mol. The van der Waals surface area contributed by atoms with Gasteiger partial charge in [0.15, 0.2) is 5.79 Å². The Balaban J connectivity index is 1.84. The van der Waals surface area contributed by atoms with E-state index in [0.717, 1.165) is 25.7 Å². The molecule has 1 saturated heterocycles. The second kappa shape index (κ2) is 4.63. The van der Waals surface area contributed by atoms with Crippen molar-refractivity contribution in [1.82, 2.24) is 0 Å². The van der Waals surface area contributed by atoms with Gasteiger partial charge < -0.3 is 9.47 Å². The van der Waals surface area contributed by atoms with Crippen LogP contribution in [0.2, 0.25) is 0 Å². The molecule has 0 unspecified atom stereocenters. The van der Waals surface area contributed by atoms with E-state index in [2.05, 4.69) is 0 Å². The summed E-state index contributed by atoms with van der Waals surface area (Å²) in [6, 6.07) is 6.83. The molecule has 1 aromatic carbocycles. The van der Waals surface area contributed by atoms with Gasteiger partial charge in [0, 0.05) is 18.4 Å². The molecule has 0 bridgehead atoms. The van der Waals surface area contributed by atoms with Crippen molar-refractivity contribution in [2.45, 2.75) is 57.0 Å². The fourth-order valence-corrected chi connectivity index (χ4v) is 3.10. The molecule has 1 saturated carbocycles. The molecule has 2 fully saturated rings. The van der Waals surface area contributed by atoms with Crippen molar-refractivity contribution in [3.63, 3.8) is 0 Å². The lowest BCUT2D eigenvalue weighted by atomic mass is 9.94. The molecular formula is C15H19FO2. The summed E-state index contributed by atoms with van der Waals surface area (Å²) < 4.78 is 26.0. The zero-order chi connectivity index (χ0) is 12.6. The molecule has 0 amide bonds. The third kappa shape index (κ3) is 2.06. The van der Waals surface area contributed by atoms with Crippen LogP contribution in [0.25, 0.3) is 0 Å². The van der Waals surface area contributed by atoms with Gasteiger partial charge in [-0.2, -0.15) is 0 Å². The Hall–Kier alpha value is -0.930. The lowest BCUT2D eigenvalue weighted by molar-refractivity contribution is -0.193. The molecule has 18 heavy (non-hydrogen) atoms. The van der Waals surface area contributed by atoms with Gasteiger partial charge in [-0.25, -0.2) is 4.39 Å². The molecule has 1 aromatic rings. The molecule has 0 N–H and O–H groups in total.